The summed E-state index contributed by atoms with van der Waals surface area (Å²) in [6.07, 6.45) is 3.67. The van der Waals surface area contributed by atoms with Crippen LogP contribution in [-0.2, 0) is 22.6 Å². The van der Waals surface area contributed by atoms with Crippen molar-refractivity contribution in [3.05, 3.63) is 60.1 Å². The summed E-state index contributed by atoms with van der Waals surface area (Å²) in [5.41, 5.74) is 12.3. The lowest BCUT2D eigenvalue weighted by Crippen LogP contribution is -2.23. The van der Waals surface area contributed by atoms with Gasteiger partial charge in [-0.3, -0.25) is 9.59 Å². The molecule has 5 N–H and O–H groups in total. The van der Waals surface area contributed by atoms with Crippen LogP contribution in [0.1, 0.15) is 11.1 Å². The van der Waals surface area contributed by atoms with Gasteiger partial charge in [0.2, 0.25) is 5.91 Å². The Hall–Kier alpha value is -3.09. The number of anilines is 1. The fourth-order valence-electron chi connectivity index (χ4n) is 1.89. The molecule has 0 aliphatic carbocycles. The highest BCUT2D eigenvalue weighted by Crippen LogP contribution is 2.13. The molecule has 2 rings (SSSR count). The summed E-state index contributed by atoms with van der Waals surface area (Å²) in [7, 11) is 0. The highest BCUT2D eigenvalue weighted by molar-refractivity contribution is 5.84. The van der Waals surface area contributed by atoms with Crippen LogP contribution in [-0.4, -0.2) is 23.4 Å². The molecule has 0 unspecified atom stereocenters. The van der Waals surface area contributed by atoms with Crippen LogP contribution in [0.2, 0.25) is 0 Å². The highest BCUT2D eigenvalue weighted by Gasteiger charge is 2.04. The van der Waals surface area contributed by atoms with Crippen molar-refractivity contribution in [2.45, 2.75) is 13.0 Å². The Morgan fingerprint density at radius 3 is 2.46 bits per heavy atom. The van der Waals surface area contributed by atoms with Crippen LogP contribution >= 0.6 is 0 Å². The number of rotatable bonds is 8. The first-order valence-corrected chi connectivity index (χ1v) is 7.34. The van der Waals surface area contributed by atoms with Crippen molar-refractivity contribution in [2.24, 2.45) is 5.73 Å². The molecule has 1 aromatic carbocycles. The van der Waals surface area contributed by atoms with Crippen molar-refractivity contribution in [2.75, 3.05) is 12.3 Å². The van der Waals surface area contributed by atoms with Gasteiger partial charge in [0.15, 0.2) is 6.61 Å². The monoisotopic (exact) mass is 327 g/mol. The third kappa shape index (κ3) is 5.96. The molecule has 0 aliphatic heterocycles. The van der Waals surface area contributed by atoms with Gasteiger partial charge in [-0.25, -0.2) is 4.98 Å². The summed E-state index contributed by atoms with van der Waals surface area (Å²) >= 11 is 0. The number of carbonyl (C=O) groups is 2. The molecule has 7 nitrogen and oxygen atoms in total. The molecule has 24 heavy (non-hydrogen) atoms. The number of pyridine rings is 1. The molecule has 2 amide bonds. The predicted molar refractivity (Wildman–Crippen MR) is 89.6 cm³/mol. The topological polar surface area (TPSA) is 120 Å². The zero-order valence-corrected chi connectivity index (χ0v) is 13.1. The van der Waals surface area contributed by atoms with Crippen molar-refractivity contribution < 1.29 is 14.3 Å². The quantitative estimate of drug-likeness (QED) is 0.655. The van der Waals surface area contributed by atoms with E-state index in [9.17, 15) is 9.59 Å². The summed E-state index contributed by atoms with van der Waals surface area (Å²) < 4.78 is 5.17. The smallest absolute Gasteiger partial charge is 0.255 e. The second-order valence-corrected chi connectivity index (χ2v) is 5.12. The molecule has 0 saturated carbocycles. The minimum absolute atomic E-state index is 0.159. The Morgan fingerprint density at radius 1 is 1.12 bits per heavy atom. The molecular formula is C17H19N4O3. The number of nitrogens with one attached hydrogen (secondary N) is 1. The lowest BCUT2D eigenvalue weighted by atomic mass is 10.1. The van der Waals surface area contributed by atoms with Gasteiger partial charge in [-0.05, 0) is 35.7 Å². The van der Waals surface area contributed by atoms with E-state index in [2.05, 4.69) is 10.3 Å². The maximum Gasteiger partial charge on any atom is 0.255 e. The van der Waals surface area contributed by atoms with E-state index >= 15 is 0 Å². The van der Waals surface area contributed by atoms with Gasteiger partial charge in [-0.2, -0.15) is 0 Å². The van der Waals surface area contributed by atoms with Crippen LogP contribution < -0.4 is 21.5 Å². The number of benzene rings is 1. The first kappa shape index (κ1) is 17.3. The molecule has 2 aromatic rings. The Morgan fingerprint density at radius 2 is 1.83 bits per heavy atom. The first-order chi connectivity index (χ1) is 11.5. The minimum Gasteiger partial charge on any atom is -0.484 e. The van der Waals surface area contributed by atoms with Gasteiger partial charge in [-0.15, -0.1) is 0 Å². The molecule has 1 heterocycles. The molecule has 1 radical (unpaired) electrons. The fraction of sp³-hybridized carbons (Fsp3) is 0.176. The number of hydrogen-bond acceptors (Lipinski definition) is 5. The first-order valence-electron chi connectivity index (χ1n) is 7.34. The predicted octanol–water partition coefficient (Wildman–Crippen LogP) is 0.591. The van der Waals surface area contributed by atoms with Gasteiger partial charge in [0.05, 0.1) is 6.42 Å². The van der Waals surface area contributed by atoms with Crippen LogP contribution in [0.3, 0.4) is 0 Å². The molecule has 0 atom stereocenters. The van der Waals surface area contributed by atoms with Gasteiger partial charge in [0.25, 0.3) is 5.91 Å². The molecule has 0 aliphatic rings. The second kappa shape index (κ2) is 8.52. The summed E-state index contributed by atoms with van der Waals surface area (Å²) in [6, 6.07) is 10.6. The number of nitrogen functional groups attached to an aromatic ring is 1. The van der Waals surface area contributed by atoms with Gasteiger partial charge < -0.3 is 21.5 Å². The van der Waals surface area contributed by atoms with Crippen LogP contribution in [0.4, 0.5) is 5.82 Å². The fourth-order valence-corrected chi connectivity index (χ4v) is 1.89. The van der Waals surface area contributed by atoms with E-state index < -0.39 is 5.91 Å². The van der Waals surface area contributed by atoms with Crippen molar-refractivity contribution in [1.82, 2.24) is 10.3 Å². The average molecular weight is 327 g/mol. The minimum atomic E-state index is -0.527. The van der Waals surface area contributed by atoms with Crippen molar-refractivity contribution in [3.63, 3.8) is 0 Å². The van der Waals surface area contributed by atoms with Crippen LogP contribution in [0.5, 0.6) is 5.75 Å². The number of nitrogens with zero attached hydrogens (tertiary/aromatic N) is 1. The normalized spacial score (nSPS) is 10.2. The number of ether oxygens (including phenoxy) is 1. The maximum absolute atomic E-state index is 11.8. The summed E-state index contributed by atoms with van der Waals surface area (Å²) in [6.45, 7) is 0.233. The largest absolute Gasteiger partial charge is 0.484 e. The third-order valence-corrected chi connectivity index (χ3v) is 3.14. The average Bonchev–Trinajstić information content (AvgIpc) is 2.58. The molecule has 1 aromatic heterocycles. The van der Waals surface area contributed by atoms with E-state index in [-0.39, 0.29) is 12.5 Å². The van der Waals surface area contributed by atoms with Crippen LogP contribution in [0.15, 0.2) is 42.6 Å². The molecule has 7 heteroatoms. The van der Waals surface area contributed by atoms with E-state index in [0.29, 0.717) is 24.5 Å². The Kier molecular flexibility index (Phi) is 6.13. The summed E-state index contributed by atoms with van der Waals surface area (Å²) in [5.74, 6) is 0.305. The second-order valence-electron chi connectivity index (χ2n) is 5.12. The lowest BCUT2D eigenvalue weighted by Gasteiger charge is -2.07. The Labute approximate surface area is 140 Å². The molecule has 125 valence electrons. The van der Waals surface area contributed by atoms with Gasteiger partial charge in [0, 0.05) is 12.7 Å². The summed E-state index contributed by atoms with van der Waals surface area (Å²) in [4.78, 5) is 26.4. The van der Waals surface area contributed by atoms with Crippen molar-refractivity contribution in [3.8, 4) is 5.75 Å². The van der Waals surface area contributed by atoms with E-state index in [0.717, 1.165) is 11.1 Å². The highest BCUT2D eigenvalue weighted by atomic mass is 16.5. The molecule has 0 bridgehead atoms. The summed E-state index contributed by atoms with van der Waals surface area (Å²) in [5, 5.41) is 2.78. The standard InChI is InChI=1S/C17H19N4O3/c18-15-7-3-13(9-20-15)10-21-17(23)8-4-12-1-5-14(6-2-12)24-11-16(19)22/h1-3,5-9H,4,10-11H2,(H2,18,20)(H2,19,22)(H,21,23). The van der Waals surface area contributed by atoms with Crippen molar-refractivity contribution in [1.29, 1.82) is 0 Å². The van der Waals surface area contributed by atoms with Crippen LogP contribution in [0, 0.1) is 6.42 Å². The number of hydrogen-bond donors (Lipinski definition) is 3. The maximum atomic E-state index is 11.8. The van der Waals surface area contributed by atoms with Crippen LogP contribution in [0.25, 0.3) is 0 Å². The van der Waals surface area contributed by atoms with E-state index in [4.69, 9.17) is 16.2 Å². The molecule has 0 spiro atoms. The number of nitrogens with two attached hydrogens (primary N) is 2. The van der Waals surface area contributed by atoms with Crippen molar-refractivity contribution >= 4 is 17.6 Å². The zero-order valence-electron chi connectivity index (χ0n) is 13.1. The lowest BCUT2D eigenvalue weighted by molar-refractivity contribution is -0.120. The Balaban J connectivity index is 1.73. The van der Waals surface area contributed by atoms with Gasteiger partial charge >= 0.3 is 0 Å². The van der Waals surface area contributed by atoms with E-state index in [1.165, 1.54) is 0 Å². The zero-order chi connectivity index (χ0) is 17.4. The van der Waals surface area contributed by atoms with Gasteiger partial charge in [-0.1, -0.05) is 18.2 Å². The third-order valence-electron chi connectivity index (χ3n) is 3.14. The SMILES string of the molecule is NC(=O)COc1ccc(C[CH]C(=O)NCc2ccc(N)nc2)cc1. The molecular weight excluding hydrogens is 308 g/mol. The molecule has 0 fully saturated rings. The molecule has 0 saturated heterocycles. The van der Waals surface area contributed by atoms with Gasteiger partial charge in [0.1, 0.15) is 11.6 Å². The number of primary amides is 1. The number of amides is 2. The Bertz CT molecular complexity index is 684. The number of aromatic nitrogens is 1. The van der Waals surface area contributed by atoms with E-state index in [1.54, 1.807) is 30.8 Å². The van der Waals surface area contributed by atoms with E-state index in [1.807, 2.05) is 18.2 Å². The number of carbonyl (C=O) groups excluding carboxylic acids is 2.